The van der Waals surface area contributed by atoms with Gasteiger partial charge in [0.05, 0.1) is 13.7 Å². The Balaban J connectivity index is 1.70. The van der Waals surface area contributed by atoms with Crippen LogP contribution in [0.15, 0.2) is 48.0 Å². The standard InChI is InChI=1S/C23H22N2O7/c1-28-10-9-25-22(26)16(13-24)11-15-7-8-19(20(12-15)29-2)32-23(27)21-14-30-17-5-3-4-6-18(17)31-21/h3-8,11-12,21H,9-10,14H2,1-2H3,(H,25,26)/b16-11+. The van der Waals surface area contributed by atoms with Crippen LogP contribution in [0.3, 0.4) is 0 Å². The van der Waals surface area contributed by atoms with E-state index < -0.39 is 18.0 Å². The largest absolute Gasteiger partial charge is 0.493 e. The van der Waals surface area contributed by atoms with Crippen molar-refractivity contribution in [3.8, 4) is 29.1 Å². The molecule has 0 aromatic heterocycles. The summed E-state index contributed by atoms with van der Waals surface area (Å²) in [4.78, 5) is 24.7. The molecule has 3 rings (SSSR count). The molecule has 0 radical (unpaired) electrons. The fourth-order valence-electron chi connectivity index (χ4n) is 2.85. The smallest absolute Gasteiger partial charge is 0.356 e. The third kappa shape index (κ3) is 5.56. The number of esters is 1. The van der Waals surface area contributed by atoms with E-state index in [2.05, 4.69) is 5.32 Å². The summed E-state index contributed by atoms with van der Waals surface area (Å²) in [5.41, 5.74) is 0.436. The van der Waals surface area contributed by atoms with Crippen LogP contribution in [0.2, 0.25) is 0 Å². The zero-order valence-electron chi connectivity index (χ0n) is 17.6. The van der Waals surface area contributed by atoms with Gasteiger partial charge in [-0.05, 0) is 35.9 Å². The number of nitriles is 1. The van der Waals surface area contributed by atoms with Gasteiger partial charge in [-0.2, -0.15) is 5.26 Å². The molecule has 32 heavy (non-hydrogen) atoms. The number of nitrogens with zero attached hydrogens (tertiary/aromatic N) is 1. The zero-order chi connectivity index (χ0) is 22.9. The second kappa shape index (κ2) is 10.8. The van der Waals surface area contributed by atoms with E-state index in [1.165, 1.54) is 26.4 Å². The molecule has 9 heteroatoms. The van der Waals surface area contributed by atoms with E-state index in [1.807, 2.05) is 12.1 Å². The van der Waals surface area contributed by atoms with Gasteiger partial charge in [0.1, 0.15) is 18.2 Å². The molecule has 1 amide bonds. The van der Waals surface area contributed by atoms with Crippen molar-refractivity contribution in [2.45, 2.75) is 6.10 Å². The lowest BCUT2D eigenvalue weighted by Crippen LogP contribution is -2.39. The fourth-order valence-corrected chi connectivity index (χ4v) is 2.85. The predicted octanol–water partition coefficient (Wildman–Crippen LogP) is 2.11. The molecule has 0 saturated carbocycles. The van der Waals surface area contributed by atoms with Crippen LogP contribution in [0.1, 0.15) is 5.56 Å². The minimum absolute atomic E-state index is 0.0166. The van der Waals surface area contributed by atoms with Crippen LogP contribution in [0.25, 0.3) is 6.08 Å². The highest BCUT2D eigenvalue weighted by atomic mass is 16.6. The van der Waals surface area contributed by atoms with Gasteiger partial charge < -0.3 is 29.0 Å². The van der Waals surface area contributed by atoms with Crippen LogP contribution >= 0.6 is 0 Å². The SMILES string of the molecule is COCCNC(=O)/C(C#N)=C/c1ccc(OC(=O)C2COc3ccccc3O2)c(OC)c1. The van der Waals surface area contributed by atoms with Crippen molar-refractivity contribution in [2.24, 2.45) is 0 Å². The second-order valence-electron chi connectivity index (χ2n) is 6.61. The quantitative estimate of drug-likeness (QED) is 0.219. The minimum atomic E-state index is -0.935. The minimum Gasteiger partial charge on any atom is -0.493 e. The summed E-state index contributed by atoms with van der Waals surface area (Å²) in [6, 6.07) is 13.6. The third-order valence-corrected chi connectivity index (χ3v) is 4.44. The van der Waals surface area contributed by atoms with E-state index in [4.69, 9.17) is 23.7 Å². The first-order valence-electron chi connectivity index (χ1n) is 9.73. The van der Waals surface area contributed by atoms with Crippen molar-refractivity contribution >= 4 is 18.0 Å². The normalized spacial score (nSPS) is 14.8. The molecule has 1 aliphatic heterocycles. The molecule has 166 valence electrons. The molecule has 2 aromatic carbocycles. The van der Waals surface area contributed by atoms with Crippen molar-refractivity contribution in [3.05, 3.63) is 53.6 Å². The van der Waals surface area contributed by atoms with Gasteiger partial charge in [-0.15, -0.1) is 0 Å². The summed E-state index contributed by atoms with van der Waals surface area (Å²) in [6.45, 7) is 0.631. The number of benzene rings is 2. The number of fused-ring (bicyclic) bond motifs is 1. The highest BCUT2D eigenvalue weighted by Gasteiger charge is 2.29. The molecular formula is C23H22N2O7. The van der Waals surface area contributed by atoms with Gasteiger partial charge in [-0.1, -0.05) is 18.2 Å². The van der Waals surface area contributed by atoms with E-state index in [9.17, 15) is 14.9 Å². The first-order valence-corrected chi connectivity index (χ1v) is 9.73. The van der Waals surface area contributed by atoms with Crippen LogP contribution in [0, 0.1) is 11.3 Å². The predicted molar refractivity (Wildman–Crippen MR) is 113 cm³/mol. The Bertz CT molecular complexity index is 1060. The number of nitrogens with one attached hydrogen (secondary N) is 1. The number of hydrogen-bond donors (Lipinski definition) is 1. The van der Waals surface area contributed by atoms with Crippen LogP contribution in [0.4, 0.5) is 0 Å². The summed E-state index contributed by atoms with van der Waals surface area (Å²) in [6.07, 6.45) is 0.473. The van der Waals surface area contributed by atoms with Crippen molar-refractivity contribution < 1.29 is 33.3 Å². The first kappa shape index (κ1) is 22.7. The van der Waals surface area contributed by atoms with Gasteiger partial charge in [-0.25, -0.2) is 4.79 Å². The van der Waals surface area contributed by atoms with Gasteiger partial charge in [0.25, 0.3) is 5.91 Å². The molecule has 1 N–H and O–H groups in total. The summed E-state index contributed by atoms with van der Waals surface area (Å²) in [7, 11) is 2.93. The van der Waals surface area contributed by atoms with Gasteiger partial charge in [-0.3, -0.25) is 4.79 Å². The van der Waals surface area contributed by atoms with Crippen LogP contribution in [-0.2, 0) is 14.3 Å². The highest BCUT2D eigenvalue weighted by molar-refractivity contribution is 6.01. The number of para-hydroxylation sites is 2. The summed E-state index contributed by atoms with van der Waals surface area (Å²) in [5, 5.41) is 11.9. The second-order valence-corrected chi connectivity index (χ2v) is 6.61. The lowest BCUT2D eigenvalue weighted by atomic mass is 10.1. The first-order chi connectivity index (χ1) is 15.5. The van der Waals surface area contributed by atoms with Crippen molar-refractivity contribution in [2.75, 3.05) is 34.0 Å². The van der Waals surface area contributed by atoms with E-state index >= 15 is 0 Å². The molecule has 0 bridgehead atoms. The molecule has 1 unspecified atom stereocenters. The number of amides is 1. The topological polar surface area (TPSA) is 116 Å². The highest BCUT2D eigenvalue weighted by Crippen LogP contribution is 2.33. The van der Waals surface area contributed by atoms with Gasteiger partial charge in [0.15, 0.2) is 23.0 Å². The Hall–Kier alpha value is -4.03. The lowest BCUT2D eigenvalue weighted by Gasteiger charge is -2.25. The maximum atomic E-state index is 12.6. The van der Waals surface area contributed by atoms with Crippen molar-refractivity contribution in [1.29, 1.82) is 5.26 Å². The Morgan fingerprint density at radius 2 is 1.97 bits per heavy atom. The number of methoxy groups -OCH3 is 2. The average molecular weight is 438 g/mol. The lowest BCUT2D eigenvalue weighted by molar-refractivity contribution is -0.144. The van der Waals surface area contributed by atoms with Crippen LogP contribution in [-0.4, -0.2) is 52.0 Å². The Kier molecular flexibility index (Phi) is 7.67. The van der Waals surface area contributed by atoms with Crippen LogP contribution < -0.4 is 24.3 Å². The van der Waals surface area contributed by atoms with Crippen molar-refractivity contribution in [3.63, 3.8) is 0 Å². The summed E-state index contributed by atoms with van der Waals surface area (Å²) >= 11 is 0. The molecule has 0 saturated heterocycles. The third-order valence-electron chi connectivity index (χ3n) is 4.44. The molecule has 1 atom stereocenters. The number of hydrogen-bond acceptors (Lipinski definition) is 8. The molecule has 9 nitrogen and oxygen atoms in total. The molecule has 0 fully saturated rings. The van der Waals surface area contributed by atoms with E-state index in [-0.39, 0.29) is 30.2 Å². The monoisotopic (exact) mass is 438 g/mol. The fraction of sp³-hybridized carbons (Fsp3) is 0.261. The zero-order valence-corrected chi connectivity index (χ0v) is 17.6. The molecule has 1 heterocycles. The maximum Gasteiger partial charge on any atom is 0.356 e. The molecule has 0 spiro atoms. The Labute approximate surface area is 185 Å². The van der Waals surface area contributed by atoms with Gasteiger partial charge in [0.2, 0.25) is 6.10 Å². The number of carbonyl (C=O) groups excluding carboxylic acids is 2. The van der Waals surface area contributed by atoms with E-state index in [0.717, 1.165) is 0 Å². The summed E-state index contributed by atoms with van der Waals surface area (Å²) in [5.74, 6) is 0.275. The van der Waals surface area contributed by atoms with E-state index in [1.54, 1.807) is 30.3 Å². The number of ether oxygens (including phenoxy) is 5. The summed E-state index contributed by atoms with van der Waals surface area (Å²) < 4.78 is 26.8. The number of carbonyl (C=O) groups is 2. The van der Waals surface area contributed by atoms with Gasteiger partial charge >= 0.3 is 5.97 Å². The number of rotatable bonds is 8. The van der Waals surface area contributed by atoms with Crippen LogP contribution in [0.5, 0.6) is 23.0 Å². The van der Waals surface area contributed by atoms with E-state index in [0.29, 0.717) is 23.7 Å². The van der Waals surface area contributed by atoms with Crippen molar-refractivity contribution in [1.82, 2.24) is 5.32 Å². The molecule has 0 aliphatic carbocycles. The molecular weight excluding hydrogens is 416 g/mol. The molecule has 2 aromatic rings. The van der Waals surface area contributed by atoms with Gasteiger partial charge in [0, 0.05) is 13.7 Å². The Morgan fingerprint density at radius 3 is 2.69 bits per heavy atom. The molecule has 1 aliphatic rings. The maximum absolute atomic E-state index is 12.6. The average Bonchev–Trinajstić information content (AvgIpc) is 2.82. The Morgan fingerprint density at radius 1 is 1.19 bits per heavy atom.